The molecule has 3 heteroatoms. The number of nitrogens with one attached hydrogen (secondary N) is 1. The Labute approximate surface area is 153 Å². The minimum Gasteiger partial charge on any atom is -0.377 e. The van der Waals surface area contributed by atoms with Crippen molar-refractivity contribution in [3.8, 4) is 0 Å². The van der Waals surface area contributed by atoms with E-state index in [2.05, 4.69) is 19.2 Å². The Morgan fingerprint density at radius 3 is 2.72 bits per heavy atom. The molecule has 0 amide bonds. The minimum atomic E-state index is 0.0256. The van der Waals surface area contributed by atoms with Crippen molar-refractivity contribution in [2.75, 3.05) is 20.2 Å². The topological polar surface area (TPSA) is 38.3 Å². The lowest BCUT2D eigenvalue weighted by atomic mass is 9.45. The fraction of sp³-hybridized carbons (Fsp3) is 0.955. The molecule has 0 aromatic rings. The molecule has 0 spiro atoms. The number of hydrogen-bond donors (Lipinski definition) is 1. The zero-order valence-corrected chi connectivity index (χ0v) is 16.5. The maximum atomic E-state index is 12.5. The van der Waals surface area contributed by atoms with Gasteiger partial charge in [0.25, 0.3) is 0 Å². The number of ether oxygens (including phenoxy) is 1. The van der Waals surface area contributed by atoms with E-state index in [1.807, 2.05) is 7.05 Å². The van der Waals surface area contributed by atoms with Gasteiger partial charge in [-0.1, -0.05) is 13.8 Å². The second-order valence-electron chi connectivity index (χ2n) is 9.95. The third kappa shape index (κ3) is 2.81. The van der Waals surface area contributed by atoms with Crippen molar-refractivity contribution in [2.45, 2.75) is 77.7 Å². The normalized spacial score (nSPS) is 49.4. The van der Waals surface area contributed by atoms with Gasteiger partial charge in [0.2, 0.25) is 0 Å². The maximum absolute atomic E-state index is 12.5. The smallest absolute Gasteiger partial charge is 0.139 e. The SMILES string of the molecule is CNCCOC1CC[C@@]2(C)C(CCC3C2CC[C@]2(C)C(=O)CCC32)C1. The molecule has 0 saturated heterocycles. The summed E-state index contributed by atoms with van der Waals surface area (Å²) in [6.45, 7) is 6.69. The fourth-order valence-corrected chi connectivity index (χ4v) is 7.47. The van der Waals surface area contributed by atoms with Crippen LogP contribution in [-0.2, 0) is 9.53 Å². The molecule has 7 atom stereocenters. The molecule has 0 aliphatic heterocycles. The lowest BCUT2D eigenvalue weighted by Gasteiger charge is -2.60. The Balaban J connectivity index is 1.46. The molecule has 0 radical (unpaired) electrons. The second-order valence-corrected chi connectivity index (χ2v) is 9.95. The van der Waals surface area contributed by atoms with Crippen molar-refractivity contribution in [2.24, 2.45) is 34.5 Å². The van der Waals surface area contributed by atoms with Gasteiger partial charge in [-0.05, 0) is 87.5 Å². The predicted molar refractivity (Wildman–Crippen MR) is 100 cm³/mol. The van der Waals surface area contributed by atoms with Crippen LogP contribution in [-0.4, -0.2) is 32.1 Å². The molecule has 4 fully saturated rings. The standard InChI is InChI=1S/C22H37NO2/c1-21-10-8-16(25-13-12-23-3)14-15(21)4-5-17-18-6-7-20(24)22(18,2)11-9-19(17)21/h15-19,23H,4-14H2,1-3H3/t15?,16?,17?,18?,19?,21-,22-/m0/s1. The molecular formula is C22H37NO2. The van der Waals surface area contributed by atoms with E-state index in [0.29, 0.717) is 23.2 Å². The molecule has 0 bridgehead atoms. The van der Waals surface area contributed by atoms with E-state index in [1.54, 1.807) is 0 Å². The average molecular weight is 348 g/mol. The summed E-state index contributed by atoms with van der Waals surface area (Å²) in [5.41, 5.74) is 0.524. The zero-order chi connectivity index (χ0) is 17.7. The quantitative estimate of drug-likeness (QED) is 0.775. The Morgan fingerprint density at radius 2 is 1.92 bits per heavy atom. The van der Waals surface area contributed by atoms with Crippen LogP contribution in [0, 0.1) is 34.5 Å². The van der Waals surface area contributed by atoms with Crippen LogP contribution < -0.4 is 5.32 Å². The van der Waals surface area contributed by atoms with Gasteiger partial charge in [0, 0.05) is 18.4 Å². The van der Waals surface area contributed by atoms with Gasteiger partial charge in [-0.25, -0.2) is 0 Å². The molecular weight excluding hydrogens is 310 g/mol. The van der Waals surface area contributed by atoms with Gasteiger partial charge in [0.1, 0.15) is 5.78 Å². The number of ketones is 1. The highest BCUT2D eigenvalue weighted by molar-refractivity contribution is 5.87. The molecule has 25 heavy (non-hydrogen) atoms. The predicted octanol–water partition coefficient (Wildman–Crippen LogP) is 4.20. The van der Waals surface area contributed by atoms with Gasteiger partial charge < -0.3 is 10.1 Å². The number of likely N-dealkylation sites (N-methyl/N-ethyl adjacent to an activating group) is 1. The van der Waals surface area contributed by atoms with Gasteiger partial charge in [-0.2, -0.15) is 0 Å². The van der Waals surface area contributed by atoms with Gasteiger partial charge in [-0.3, -0.25) is 4.79 Å². The van der Waals surface area contributed by atoms with Gasteiger partial charge in [0.15, 0.2) is 0 Å². The summed E-state index contributed by atoms with van der Waals surface area (Å²) in [4.78, 5) is 12.5. The van der Waals surface area contributed by atoms with Crippen LogP contribution >= 0.6 is 0 Å². The van der Waals surface area contributed by atoms with Crippen molar-refractivity contribution in [3.63, 3.8) is 0 Å². The molecule has 4 rings (SSSR count). The van der Waals surface area contributed by atoms with Crippen LogP contribution in [0.1, 0.15) is 71.6 Å². The highest BCUT2D eigenvalue weighted by Gasteiger charge is 2.60. The molecule has 0 heterocycles. The highest BCUT2D eigenvalue weighted by atomic mass is 16.5. The van der Waals surface area contributed by atoms with Gasteiger partial charge in [0.05, 0.1) is 12.7 Å². The monoisotopic (exact) mass is 347 g/mol. The van der Waals surface area contributed by atoms with E-state index in [9.17, 15) is 4.79 Å². The Hall–Kier alpha value is -0.410. The van der Waals surface area contributed by atoms with E-state index in [-0.39, 0.29) is 5.41 Å². The van der Waals surface area contributed by atoms with Crippen LogP contribution in [0.4, 0.5) is 0 Å². The van der Waals surface area contributed by atoms with Crippen LogP contribution in [0.15, 0.2) is 0 Å². The first-order valence-corrected chi connectivity index (χ1v) is 10.8. The second kappa shape index (κ2) is 6.64. The highest BCUT2D eigenvalue weighted by Crippen LogP contribution is 2.65. The summed E-state index contributed by atoms with van der Waals surface area (Å²) < 4.78 is 6.15. The number of Topliss-reactive ketones (excluding diaryl/α,β-unsaturated/α-hetero) is 1. The number of carbonyl (C=O) groups excluding carboxylic acids is 1. The van der Waals surface area contributed by atoms with Crippen molar-refractivity contribution in [1.82, 2.24) is 5.32 Å². The number of rotatable bonds is 4. The number of carbonyl (C=O) groups is 1. The summed E-state index contributed by atoms with van der Waals surface area (Å²) in [6, 6.07) is 0. The van der Waals surface area contributed by atoms with Crippen LogP contribution in [0.2, 0.25) is 0 Å². The lowest BCUT2D eigenvalue weighted by molar-refractivity contribution is -0.145. The van der Waals surface area contributed by atoms with Gasteiger partial charge in [-0.15, -0.1) is 0 Å². The van der Waals surface area contributed by atoms with E-state index < -0.39 is 0 Å². The first-order chi connectivity index (χ1) is 12.0. The first-order valence-electron chi connectivity index (χ1n) is 10.8. The molecule has 5 unspecified atom stereocenters. The Kier molecular flexibility index (Phi) is 4.77. The molecule has 3 nitrogen and oxygen atoms in total. The Morgan fingerprint density at radius 1 is 1.08 bits per heavy atom. The van der Waals surface area contributed by atoms with Crippen molar-refractivity contribution >= 4 is 5.78 Å². The largest absolute Gasteiger partial charge is 0.377 e. The molecule has 4 aliphatic carbocycles. The Bertz CT molecular complexity index is 520. The lowest BCUT2D eigenvalue weighted by Crippen LogP contribution is -2.54. The molecule has 4 saturated carbocycles. The van der Waals surface area contributed by atoms with E-state index in [0.717, 1.165) is 43.7 Å². The van der Waals surface area contributed by atoms with E-state index in [4.69, 9.17) is 4.74 Å². The molecule has 1 N–H and O–H groups in total. The molecule has 0 aromatic heterocycles. The summed E-state index contributed by atoms with van der Waals surface area (Å²) in [7, 11) is 1.99. The third-order valence-electron chi connectivity index (χ3n) is 9.03. The van der Waals surface area contributed by atoms with Crippen molar-refractivity contribution < 1.29 is 9.53 Å². The van der Waals surface area contributed by atoms with Crippen molar-refractivity contribution in [3.05, 3.63) is 0 Å². The summed E-state index contributed by atoms with van der Waals surface area (Å²) in [5.74, 6) is 3.76. The van der Waals surface area contributed by atoms with Crippen LogP contribution in [0.5, 0.6) is 0 Å². The summed E-state index contributed by atoms with van der Waals surface area (Å²) >= 11 is 0. The zero-order valence-electron chi connectivity index (χ0n) is 16.5. The number of hydrogen-bond acceptors (Lipinski definition) is 3. The molecule has 142 valence electrons. The third-order valence-corrected chi connectivity index (χ3v) is 9.03. The average Bonchev–Trinajstić information content (AvgIpc) is 2.90. The fourth-order valence-electron chi connectivity index (χ4n) is 7.47. The minimum absolute atomic E-state index is 0.0256. The summed E-state index contributed by atoms with van der Waals surface area (Å²) in [6.07, 6.45) is 11.5. The molecule has 0 aromatic carbocycles. The van der Waals surface area contributed by atoms with Crippen LogP contribution in [0.25, 0.3) is 0 Å². The summed E-state index contributed by atoms with van der Waals surface area (Å²) in [5, 5.41) is 3.18. The molecule has 4 aliphatic rings. The van der Waals surface area contributed by atoms with E-state index >= 15 is 0 Å². The first kappa shape index (κ1) is 18.0. The van der Waals surface area contributed by atoms with Gasteiger partial charge >= 0.3 is 0 Å². The maximum Gasteiger partial charge on any atom is 0.139 e. The van der Waals surface area contributed by atoms with E-state index in [1.165, 1.54) is 44.9 Å². The van der Waals surface area contributed by atoms with Crippen molar-refractivity contribution in [1.29, 1.82) is 0 Å². The number of fused-ring (bicyclic) bond motifs is 5. The van der Waals surface area contributed by atoms with Crippen LogP contribution in [0.3, 0.4) is 0 Å².